The molecule has 10 aromatic carbocycles. The number of amides is 2. The van der Waals surface area contributed by atoms with E-state index in [9.17, 15) is 53.4 Å². The van der Waals surface area contributed by atoms with Crippen LogP contribution in [0.15, 0.2) is 347 Å². The second-order valence-electron chi connectivity index (χ2n) is 31.7. The Morgan fingerprint density at radius 2 is 0.570 bits per heavy atom. The molecule has 2 amide bonds. The Morgan fingerprint density at radius 3 is 0.859 bits per heavy atom. The van der Waals surface area contributed by atoms with E-state index >= 15 is 0 Å². The minimum atomic E-state index is -0.974. The molecule has 0 aliphatic rings. The normalized spacial score (nSPS) is 11.9. The van der Waals surface area contributed by atoms with Gasteiger partial charge < -0.3 is 47.6 Å². The average molecular weight is 1830 g/mol. The molecular formula is C109H104ClN11O14. The standard InChI is InChI=1S/2C20H18N2O3.C14H15NO2.C13H15N.2C12H12N2O2.C10H7NO.C8H7ClO/c2*23-19(10-14-6-2-1-3-7-14)22-18(12-20(24)25)16-11-15-8-4-5-9-17(15)21-13-16;1-10(6-7-14(16)17)12-8-11-4-2-3-5-13(11)15-9-12;1-3-10(2)12-8-11-6-4-5-7-13(11)14-9-12;2*13-10(6-12(15)16)9-5-8-3-1-2-4-11(8)14-7-9;12-7-8-5-9-3-1-2-4-10(9)11-6-8;9-8(10)6-7-4-2-1-3-5-7/h2*1-9,11,13,18H,10,12H2,(H,22,23)(H,24,25);2-5,8-10H,6-7H2,1H3,(H,16,17);4-10H,3H2,1-2H3;2*1-5,7,10H,6,13H2,(H,15,16);1-7H;1-5H,6H2. The smallest absolute Gasteiger partial charge is 0.305 e. The molecule has 17 aromatic rings. The number of fused-ring (bicyclic) bond motifs is 7. The monoisotopic (exact) mass is 1830 g/mol. The number of hydrogen-bond acceptors (Lipinski definition) is 18. The minimum Gasteiger partial charge on any atom is -0.481 e. The lowest BCUT2D eigenvalue weighted by Crippen LogP contribution is -2.31. The van der Waals surface area contributed by atoms with Crippen molar-refractivity contribution < 1.29 is 68.7 Å². The Bertz CT molecular complexity index is 6600. The number of nitrogens with one attached hydrogen (secondary N) is 2. The molecule has 0 aliphatic heterocycles. The van der Waals surface area contributed by atoms with Gasteiger partial charge >= 0.3 is 29.8 Å². The van der Waals surface area contributed by atoms with Gasteiger partial charge in [-0.25, -0.2) is 0 Å². The summed E-state index contributed by atoms with van der Waals surface area (Å²) in [6, 6.07) is 94.0. The first-order chi connectivity index (χ1) is 65.2. The predicted octanol–water partition coefficient (Wildman–Crippen LogP) is 20.6. The van der Waals surface area contributed by atoms with Crippen LogP contribution in [-0.2, 0) is 57.6 Å². The highest BCUT2D eigenvalue weighted by Crippen LogP contribution is 2.28. The third-order valence-corrected chi connectivity index (χ3v) is 21.6. The van der Waals surface area contributed by atoms with Crippen LogP contribution in [0.25, 0.3) is 76.3 Å². The Labute approximate surface area is 785 Å². The minimum absolute atomic E-state index is 0.0833. The van der Waals surface area contributed by atoms with Gasteiger partial charge in [0.1, 0.15) is 0 Å². The fourth-order valence-electron chi connectivity index (χ4n) is 14.0. The first-order valence-electron chi connectivity index (χ1n) is 43.6. The summed E-state index contributed by atoms with van der Waals surface area (Å²) in [6.07, 6.45) is 14.9. The summed E-state index contributed by atoms with van der Waals surface area (Å²) in [7, 11) is 0. The molecule has 7 heterocycles. The number of pyridine rings is 7. The zero-order chi connectivity index (χ0) is 96.4. The molecule has 6 atom stereocenters. The van der Waals surface area contributed by atoms with Gasteiger partial charge in [-0.1, -0.05) is 239 Å². The number of nitrogens with zero attached hydrogens (tertiary/aromatic N) is 7. The summed E-state index contributed by atoms with van der Waals surface area (Å²) < 4.78 is 0. The van der Waals surface area contributed by atoms with E-state index in [4.69, 9.17) is 38.4 Å². The van der Waals surface area contributed by atoms with Crippen molar-refractivity contribution in [3.05, 3.63) is 402 Å². The Morgan fingerprint density at radius 1 is 0.319 bits per heavy atom. The van der Waals surface area contributed by atoms with Crippen molar-refractivity contribution in [2.24, 2.45) is 11.5 Å². The molecule has 0 saturated heterocycles. The van der Waals surface area contributed by atoms with Crippen LogP contribution in [0.4, 0.5) is 0 Å². The molecule has 0 saturated carbocycles. The number of rotatable bonds is 27. The highest BCUT2D eigenvalue weighted by Gasteiger charge is 2.22. The number of carbonyl (C=O) groups excluding carboxylic acids is 4. The summed E-state index contributed by atoms with van der Waals surface area (Å²) in [5.74, 6) is -4.10. The molecule has 7 aromatic heterocycles. The van der Waals surface area contributed by atoms with Crippen molar-refractivity contribution in [1.82, 2.24) is 45.5 Å². The van der Waals surface area contributed by atoms with Crippen molar-refractivity contribution in [1.29, 1.82) is 0 Å². The van der Waals surface area contributed by atoms with Crippen LogP contribution in [0.1, 0.15) is 162 Å². The van der Waals surface area contributed by atoms with Crippen LogP contribution in [0.5, 0.6) is 0 Å². The first-order valence-corrected chi connectivity index (χ1v) is 44.0. The molecule has 0 bridgehead atoms. The molecule has 686 valence electrons. The van der Waals surface area contributed by atoms with E-state index in [1.807, 2.05) is 292 Å². The van der Waals surface area contributed by atoms with Crippen LogP contribution < -0.4 is 22.1 Å². The average Bonchev–Trinajstić information content (AvgIpc) is 0.829. The van der Waals surface area contributed by atoms with Gasteiger partial charge in [0.25, 0.3) is 0 Å². The maximum absolute atomic E-state index is 12.3. The highest BCUT2D eigenvalue weighted by atomic mass is 35.5. The number of para-hydroxylation sites is 7. The van der Waals surface area contributed by atoms with Crippen LogP contribution in [0.3, 0.4) is 0 Å². The summed E-state index contributed by atoms with van der Waals surface area (Å²) in [5.41, 5.74) is 26.6. The lowest BCUT2D eigenvalue weighted by atomic mass is 9.96. The van der Waals surface area contributed by atoms with Crippen LogP contribution in [-0.4, -0.2) is 114 Å². The number of nitrogens with two attached hydrogens (primary N) is 2. The Hall–Kier alpha value is -16.1. The quantitative estimate of drug-likeness (QED) is 0.0170. The van der Waals surface area contributed by atoms with Gasteiger partial charge in [-0.2, -0.15) is 0 Å². The number of carboxylic acid groups (broad SMARTS) is 5. The van der Waals surface area contributed by atoms with E-state index in [0.29, 0.717) is 35.4 Å². The number of halogens is 1. The molecule has 26 heteroatoms. The molecule has 0 radical (unpaired) electrons. The maximum Gasteiger partial charge on any atom is 0.305 e. The zero-order valence-corrected chi connectivity index (χ0v) is 75.4. The Kier molecular flexibility index (Phi) is 39.4. The lowest BCUT2D eigenvalue weighted by Gasteiger charge is -2.18. The van der Waals surface area contributed by atoms with E-state index < -0.39 is 54.0 Å². The SMILES string of the molecule is CC(CCC(=O)O)c1cnc2ccccc2c1.CCC(C)c1cnc2ccccc2c1.NC(CC(=O)O)c1cnc2ccccc2c1.NC(CC(=O)O)c1cnc2ccccc2c1.O=C(Cl)Cc1ccccc1.O=C(O)CC(NC(=O)Cc1ccccc1)c1cnc2ccccc2c1.O=C(O)CC(NC(=O)Cc1ccccc1)c1cnc2ccccc2c1.O=Cc1cnc2ccccc2c1. The van der Waals surface area contributed by atoms with Gasteiger partial charge in [-0.3, -0.25) is 78.0 Å². The van der Waals surface area contributed by atoms with E-state index in [1.54, 1.807) is 31.0 Å². The van der Waals surface area contributed by atoms with Crippen molar-refractivity contribution in [2.45, 2.75) is 121 Å². The van der Waals surface area contributed by atoms with Crippen molar-refractivity contribution in [2.75, 3.05) is 0 Å². The second-order valence-corrected chi connectivity index (χ2v) is 32.1. The van der Waals surface area contributed by atoms with E-state index in [1.165, 1.54) is 17.4 Å². The fourth-order valence-corrected chi connectivity index (χ4v) is 14.2. The molecule has 135 heavy (non-hydrogen) atoms. The first kappa shape index (κ1) is 101. The molecule has 11 N–H and O–H groups in total. The molecule has 0 aliphatic carbocycles. The van der Waals surface area contributed by atoms with Gasteiger partial charge in [0, 0.05) is 112 Å². The molecule has 0 spiro atoms. The largest absolute Gasteiger partial charge is 0.481 e. The fraction of sp³-hybridized carbons (Fsp3) is 0.174. The van der Waals surface area contributed by atoms with Gasteiger partial charge in [-0.15, -0.1) is 0 Å². The van der Waals surface area contributed by atoms with Crippen LogP contribution >= 0.6 is 11.6 Å². The van der Waals surface area contributed by atoms with Gasteiger partial charge in [0.2, 0.25) is 17.1 Å². The summed E-state index contributed by atoms with van der Waals surface area (Å²) in [6.45, 7) is 6.49. The van der Waals surface area contributed by atoms with Gasteiger partial charge in [0.05, 0.1) is 89.2 Å². The number of carboxylic acids is 5. The zero-order valence-electron chi connectivity index (χ0n) is 74.6. The van der Waals surface area contributed by atoms with Gasteiger partial charge in [-0.05, 0) is 171 Å². The Balaban J connectivity index is 0.000000162. The number of carbonyl (C=O) groups is 9. The predicted molar refractivity (Wildman–Crippen MR) is 528 cm³/mol. The third-order valence-electron chi connectivity index (χ3n) is 21.4. The maximum atomic E-state index is 12.3. The summed E-state index contributed by atoms with van der Waals surface area (Å²) in [5, 5.41) is 56.8. The van der Waals surface area contributed by atoms with E-state index in [0.717, 1.165) is 111 Å². The molecule has 25 nitrogen and oxygen atoms in total. The molecule has 0 fully saturated rings. The number of benzene rings is 10. The molecular weight excluding hydrogens is 1720 g/mol. The topological polar surface area (TPSA) is 421 Å². The van der Waals surface area contributed by atoms with Crippen molar-refractivity contribution in [3.8, 4) is 0 Å². The number of aliphatic carboxylic acids is 5. The summed E-state index contributed by atoms with van der Waals surface area (Å²) >= 11 is 5.17. The van der Waals surface area contributed by atoms with Gasteiger partial charge in [0.15, 0.2) is 6.29 Å². The highest BCUT2D eigenvalue weighted by molar-refractivity contribution is 6.63. The van der Waals surface area contributed by atoms with Crippen LogP contribution in [0, 0.1) is 0 Å². The molecule has 17 rings (SSSR count). The number of aromatic nitrogens is 7. The van der Waals surface area contributed by atoms with Crippen molar-refractivity contribution >= 4 is 141 Å². The lowest BCUT2D eigenvalue weighted by molar-refractivity contribution is -0.139. The summed E-state index contributed by atoms with van der Waals surface area (Å²) in [4.78, 5) is 130. The molecule has 6 unspecified atom stereocenters. The van der Waals surface area contributed by atoms with Crippen molar-refractivity contribution in [3.63, 3.8) is 0 Å². The number of aldehydes is 1. The van der Waals surface area contributed by atoms with E-state index in [-0.39, 0.29) is 67.9 Å². The number of hydrogen-bond donors (Lipinski definition) is 9. The third kappa shape index (κ3) is 33.7. The van der Waals surface area contributed by atoms with E-state index in [2.05, 4.69) is 89.7 Å². The second kappa shape index (κ2) is 52.7. The van der Waals surface area contributed by atoms with Crippen LogP contribution in [0.2, 0.25) is 0 Å².